The molecule has 1 N–H and O–H groups in total. The van der Waals surface area contributed by atoms with E-state index in [-0.39, 0.29) is 0 Å². The molecule has 5 aromatic rings. The van der Waals surface area contributed by atoms with E-state index < -0.39 is 0 Å². The Morgan fingerprint density at radius 2 is 2.03 bits per heavy atom. The van der Waals surface area contributed by atoms with Gasteiger partial charge < -0.3 is 4.98 Å². The summed E-state index contributed by atoms with van der Waals surface area (Å²) in [6.07, 6.45) is 4.56. The molecule has 0 aliphatic heterocycles. The number of aryl methyl sites for hydroxylation is 2. The van der Waals surface area contributed by atoms with Gasteiger partial charge in [-0.05, 0) is 31.4 Å². The van der Waals surface area contributed by atoms with Crippen LogP contribution in [0.2, 0.25) is 0 Å². The van der Waals surface area contributed by atoms with Crippen molar-refractivity contribution in [3.8, 4) is 10.7 Å². The second-order valence-electron chi connectivity index (χ2n) is 7.10. The molecule has 0 spiro atoms. The largest absolute Gasteiger partial charge is 0.358 e. The van der Waals surface area contributed by atoms with E-state index in [2.05, 4.69) is 44.2 Å². The number of para-hydroxylation sites is 1. The average Bonchev–Trinajstić information content (AvgIpc) is 3.45. The van der Waals surface area contributed by atoms with Gasteiger partial charge in [0.15, 0.2) is 11.6 Å². The van der Waals surface area contributed by atoms with Gasteiger partial charge in [0.1, 0.15) is 10.3 Å². The van der Waals surface area contributed by atoms with E-state index in [1.165, 1.54) is 33.5 Å². The first-order valence-electron chi connectivity index (χ1n) is 9.43. The Morgan fingerprint density at radius 3 is 2.93 bits per heavy atom. The Morgan fingerprint density at radius 1 is 1.10 bits per heavy atom. The molecule has 0 fully saturated rings. The minimum absolute atomic E-state index is 0.663. The van der Waals surface area contributed by atoms with E-state index in [1.54, 1.807) is 11.3 Å². The molecule has 6 rings (SSSR count). The van der Waals surface area contributed by atoms with Crippen LogP contribution < -0.4 is 0 Å². The van der Waals surface area contributed by atoms with Gasteiger partial charge in [0.05, 0.1) is 15.4 Å². The van der Waals surface area contributed by atoms with E-state index in [9.17, 15) is 0 Å². The number of nitrogens with zero attached hydrogens (tertiary/aromatic N) is 5. The summed E-state index contributed by atoms with van der Waals surface area (Å²) in [7, 11) is 0. The number of H-pyrrole nitrogens is 1. The van der Waals surface area contributed by atoms with Gasteiger partial charge in [0.25, 0.3) is 0 Å². The molecule has 0 saturated carbocycles. The molecule has 0 bridgehead atoms. The molecule has 0 atom stereocenters. The van der Waals surface area contributed by atoms with Crippen molar-refractivity contribution in [3.05, 3.63) is 52.2 Å². The van der Waals surface area contributed by atoms with Crippen molar-refractivity contribution in [2.24, 2.45) is 4.99 Å². The van der Waals surface area contributed by atoms with Crippen LogP contribution in [0.15, 0.2) is 41.0 Å². The zero-order valence-corrected chi connectivity index (χ0v) is 17.3. The minimum atomic E-state index is 0.663. The lowest BCUT2D eigenvalue weighted by molar-refractivity contribution is 0.920. The summed E-state index contributed by atoms with van der Waals surface area (Å²) in [5.41, 5.74) is 7.60. The fourth-order valence-corrected chi connectivity index (χ4v) is 5.24. The normalized spacial score (nSPS) is 15.4. The Kier molecular flexibility index (Phi) is 3.82. The molecule has 8 heteroatoms. The van der Waals surface area contributed by atoms with Gasteiger partial charge in [-0.25, -0.2) is 24.9 Å². The highest BCUT2D eigenvalue weighted by molar-refractivity contribution is 7.16. The monoisotopic (exact) mass is 416 g/mol. The molecule has 0 saturated heterocycles. The van der Waals surface area contributed by atoms with Crippen molar-refractivity contribution >= 4 is 55.5 Å². The standard InChI is InChI=1S/C21H16N6S2/c1-11-22-9-17(29-11)19-26-20(18-21(27-19)28-10-23-18)24-12-6-7-16-14(8-12)13-4-2-3-5-15(13)25-16/h2-5,9-10,25H,6-8H2,1H3/b24-12-. The van der Waals surface area contributed by atoms with Crippen LogP contribution in [0.1, 0.15) is 22.7 Å². The first-order valence-corrected chi connectivity index (χ1v) is 11.1. The summed E-state index contributed by atoms with van der Waals surface area (Å²) in [4.78, 5) is 28.6. The Balaban J connectivity index is 1.45. The van der Waals surface area contributed by atoms with E-state index >= 15 is 0 Å². The third kappa shape index (κ3) is 2.87. The predicted octanol–water partition coefficient (Wildman–Crippen LogP) is 5.26. The molecule has 4 heterocycles. The quantitative estimate of drug-likeness (QED) is 0.426. The fourth-order valence-electron chi connectivity index (χ4n) is 3.88. The van der Waals surface area contributed by atoms with E-state index in [0.717, 1.165) is 45.2 Å². The highest BCUT2D eigenvalue weighted by atomic mass is 32.1. The summed E-state index contributed by atoms with van der Waals surface area (Å²) in [6.45, 7) is 1.99. The number of aliphatic imine (C=N–C) groups is 1. The molecular weight excluding hydrogens is 400 g/mol. The summed E-state index contributed by atoms with van der Waals surface area (Å²) >= 11 is 3.11. The first-order chi connectivity index (χ1) is 14.2. The van der Waals surface area contributed by atoms with E-state index in [4.69, 9.17) is 9.98 Å². The van der Waals surface area contributed by atoms with Crippen LogP contribution in [-0.2, 0) is 12.8 Å². The summed E-state index contributed by atoms with van der Waals surface area (Å²) < 4.78 is 0. The zero-order valence-electron chi connectivity index (χ0n) is 15.6. The van der Waals surface area contributed by atoms with Gasteiger partial charge in [-0.2, -0.15) is 0 Å². The number of hydrogen-bond acceptors (Lipinski definition) is 7. The van der Waals surface area contributed by atoms with E-state index in [0.29, 0.717) is 11.6 Å². The summed E-state index contributed by atoms with van der Waals surface area (Å²) in [5.74, 6) is 1.34. The van der Waals surface area contributed by atoms with Crippen molar-refractivity contribution < 1.29 is 0 Å². The SMILES string of the molecule is Cc1ncc(-c2nc(/N=C3/CCc4[nH]c5ccccc5c4C3)c3ncsc3n2)s1. The van der Waals surface area contributed by atoms with Crippen LogP contribution in [0, 0.1) is 6.92 Å². The maximum Gasteiger partial charge on any atom is 0.183 e. The number of aromatic nitrogens is 5. The highest BCUT2D eigenvalue weighted by Gasteiger charge is 2.20. The summed E-state index contributed by atoms with van der Waals surface area (Å²) in [6, 6.07) is 8.48. The molecule has 6 nitrogen and oxygen atoms in total. The number of fused-ring (bicyclic) bond motifs is 4. The van der Waals surface area contributed by atoms with Gasteiger partial charge in [-0.3, -0.25) is 0 Å². The average molecular weight is 417 g/mol. The summed E-state index contributed by atoms with van der Waals surface area (Å²) in [5, 5.41) is 2.29. The maximum absolute atomic E-state index is 4.98. The van der Waals surface area contributed by atoms with Gasteiger partial charge in [0.2, 0.25) is 0 Å². The highest BCUT2D eigenvalue weighted by Crippen LogP contribution is 2.33. The van der Waals surface area contributed by atoms with Crippen LogP contribution in [0.25, 0.3) is 32.0 Å². The Hall–Kier alpha value is -2.97. The van der Waals surface area contributed by atoms with Crippen molar-refractivity contribution in [1.29, 1.82) is 0 Å². The number of hydrogen-bond donors (Lipinski definition) is 1. The van der Waals surface area contributed by atoms with Crippen LogP contribution in [-0.4, -0.2) is 30.6 Å². The fraction of sp³-hybridized carbons (Fsp3) is 0.190. The molecule has 4 aromatic heterocycles. The smallest absolute Gasteiger partial charge is 0.183 e. The molecule has 142 valence electrons. The van der Waals surface area contributed by atoms with Gasteiger partial charge in [-0.1, -0.05) is 18.2 Å². The number of rotatable bonds is 2. The number of aromatic amines is 1. The van der Waals surface area contributed by atoms with Crippen molar-refractivity contribution in [1.82, 2.24) is 24.9 Å². The lowest BCUT2D eigenvalue weighted by Gasteiger charge is -2.14. The first kappa shape index (κ1) is 16.9. The minimum Gasteiger partial charge on any atom is -0.358 e. The van der Waals surface area contributed by atoms with Crippen LogP contribution in [0.4, 0.5) is 5.82 Å². The van der Waals surface area contributed by atoms with E-state index in [1.807, 2.05) is 18.6 Å². The Bertz CT molecular complexity index is 1410. The van der Waals surface area contributed by atoms with Crippen molar-refractivity contribution in [2.75, 3.05) is 0 Å². The Labute approximate surface area is 174 Å². The molecule has 29 heavy (non-hydrogen) atoms. The van der Waals surface area contributed by atoms with Crippen LogP contribution in [0.5, 0.6) is 0 Å². The number of benzene rings is 1. The molecule has 0 unspecified atom stereocenters. The zero-order chi connectivity index (χ0) is 19.4. The molecule has 1 aliphatic carbocycles. The van der Waals surface area contributed by atoms with Crippen LogP contribution in [0.3, 0.4) is 0 Å². The lowest BCUT2D eigenvalue weighted by atomic mass is 9.94. The molecular formula is C21H16N6S2. The molecule has 1 aliphatic rings. The van der Waals surface area contributed by atoms with Crippen molar-refractivity contribution in [2.45, 2.75) is 26.2 Å². The van der Waals surface area contributed by atoms with Gasteiger partial charge in [-0.15, -0.1) is 22.7 Å². The lowest BCUT2D eigenvalue weighted by Crippen LogP contribution is -2.13. The molecule has 0 radical (unpaired) electrons. The predicted molar refractivity (Wildman–Crippen MR) is 118 cm³/mol. The molecule has 1 aromatic carbocycles. The van der Waals surface area contributed by atoms with Gasteiger partial charge >= 0.3 is 0 Å². The number of thiazole rings is 2. The second kappa shape index (κ2) is 6.53. The number of nitrogens with one attached hydrogen (secondary N) is 1. The molecule has 0 amide bonds. The topological polar surface area (TPSA) is 79.7 Å². The van der Waals surface area contributed by atoms with Crippen molar-refractivity contribution in [3.63, 3.8) is 0 Å². The third-order valence-corrected chi connectivity index (χ3v) is 6.86. The van der Waals surface area contributed by atoms with Crippen LogP contribution >= 0.6 is 22.7 Å². The maximum atomic E-state index is 4.98. The van der Waals surface area contributed by atoms with Gasteiger partial charge in [0, 0.05) is 34.9 Å². The second-order valence-corrected chi connectivity index (χ2v) is 9.17. The third-order valence-electron chi connectivity index (χ3n) is 5.23.